The normalized spacial score (nSPS) is 12.6. The number of nitrogens with two attached hydrogens (primary N) is 1. The first kappa shape index (κ1) is 20.4. The molecule has 3 aromatic carbocycles. The van der Waals surface area contributed by atoms with Crippen molar-refractivity contribution in [1.29, 1.82) is 5.41 Å². The van der Waals surface area contributed by atoms with Crippen molar-refractivity contribution >= 4 is 34.3 Å². The van der Waals surface area contributed by atoms with Crippen LogP contribution in [0.2, 0.25) is 0 Å². The highest BCUT2D eigenvalue weighted by Gasteiger charge is 2.33. The molecule has 0 aliphatic rings. The number of amides is 1. The molecule has 1 amide bonds. The maximum absolute atomic E-state index is 13.6. The lowest BCUT2D eigenvalue weighted by Gasteiger charge is -2.28. The van der Waals surface area contributed by atoms with Crippen molar-refractivity contribution in [1.82, 2.24) is 10.2 Å². The van der Waals surface area contributed by atoms with Crippen molar-refractivity contribution in [3.63, 3.8) is 0 Å². The largest absolute Gasteiger partial charge is 0.398 e. The SMILES string of the molecule is N=Cc1cc(C(c2ccccc2)C(C(=O)Nc2nncs2)c2ccccc2)ccc1N. The highest BCUT2D eigenvalue weighted by atomic mass is 32.1. The molecule has 0 bridgehead atoms. The quantitative estimate of drug-likeness (QED) is 0.294. The minimum Gasteiger partial charge on any atom is -0.398 e. The van der Waals surface area contributed by atoms with E-state index in [1.54, 1.807) is 11.6 Å². The van der Waals surface area contributed by atoms with E-state index in [1.165, 1.54) is 17.6 Å². The Morgan fingerprint density at radius 1 is 0.968 bits per heavy atom. The van der Waals surface area contributed by atoms with E-state index in [-0.39, 0.29) is 11.8 Å². The molecule has 2 unspecified atom stereocenters. The third-order valence-electron chi connectivity index (χ3n) is 5.15. The van der Waals surface area contributed by atoms with Gasteiger partial charge >= 0.3 is 0 Å². The standard InChI is InChI=1S/C24H21N5OS/c25-14-19-13-18(11-12-20(19)26)21(16-7-3-1-4-8-16)22(17-9-5-2-6-10-17)23(30)28-24-29-27-15-31-24/h1-15,21-22,25H,26H2,(H,28,29,30). The van der Waals surface area contributed by atoms with Gasteiger partial charge in [-0.15, -0.1) is 10.2 Å². The topological polar surface area (TPSA) is 105 Å². The number of hydrogen-bond acceptors (Lipinski definition) is 6. The highest BCUT2D eigenvalue weighted by Crippen LogP contribution is 2.40. The fourth-order valence-electron chi connectivity index (χ4n) is 3.72. The van der Waals surface area contributed by atoms with E-state index in [2.05, 4.69) is 15.5 Å². The number of nitrogens with zero attached hydrogens (tertiary/aromatic N) is 2. The Labute approximate surface area is 184 Å². The molecule has 1 heterocycles. The van der Waals surface area contributed by atoms with Gasteiger partial charge in [-0.05, 0) is 28.8 Å². The summed E-state index contributed by atoms with van der Waals surface area (Å²) >= 11 is 1.27. The molecular weight excluding hydrogens is 406 g/mol. The Hall–Kier alpha value is -3.84. The molecule has 0 fully saturated rings. The van der Waals surface area contributed by atoms with Crippen molar-refractivity contribution in [2.75, 3.05) is 11.1 Å². The Morgan fingerprint density at radius 3 is 2.26 bits per heavy atom. The molecule has 31 heavy (non-hydrogen) atoms. The van der Waals surface area contributed by atoms with Crippen LogP contribution in [0.3, 0.4) is 0 Å². The molecule has 2 atom stereocenters. The number of carbonyl (C=O) groups excluding carboxylic acids is 1. The van der Waals surface area contributed by atoms with Crippen molar-refractivity contribution in [2.24, 2.45) is 0 Å². The molecule has 0 saturated heterocycles. The fraction of sp³-hybridized carbons (Fsp3) is 0.0833. The number of nitrogens with one attached hydrogen (secondary N) is 2. The molecule has 1 aromatic heterocycles. The summed E-state index contributed by atoms with van der Waals surface area (Å²) < 4.78 is 0. The zero-order valence-electron chi connectivity index (χ0n) is 16.6. The van der Waals surface area contributed by atoms with Crippen molar-refractivity contribution < 1.29 is 4.79 Å². The second-order valence-electron chi connectivity index (χ2n) is 7.04. The Balaban J connectivity index is 1.87. The average Bonchev–Trinajstić information content (AvgIpc) is 3.32. The minimum absolute atomic E-state index is 0.176. The van der Waals surface area contributed by atoms with Gasteiger partial charge in [-0.3, -0.25) is 10.1 Å². The number of carbonyl (C=O) groups is 1. The molecule has 0 aliphatic carbocycles. The van der Waals surface area contributed by atoms with E-state index < -0.39 is 5.92 Å². The summed E-state index contributed by atoms with van der Waals surface area (Å²) in [6, 6.07) is 25.2. The summed E-state index contributed by atoms with van der Waals surface area (Å²) in [4.78, 5) is 13.6. The molecule has 0 spiro atoms. The smallest absolute Gasteiger partial charge is 0.234 e. The van der Waals surface area contributed by atoms with Crippen molar-refractivity contribution in [2.45, 2.75) is 11.8 Å². The van der Waals surface area contributed by atoms with Crippen LogP contribution in [-0.4, -0.2) is 22.3 Å². The summed E-state index contributed by atoms with van der Waals surface area (Å²) in [5.74, 6) is -1.00. The Bertz CT molecular complexity index is 1160. The van der Waals surface area contributed by atoms with Crippen LogP contribution in [-0.2, 0) is 4.79 Å². The van der Waals surface area contributed by atoms with Crippen LogP contribution in [0.1, 0.15) is 34.1 Å². The van der Waals surface area contributed by atoms with Crippen molar-refractivity contribution in [3.8, 4) is 0 Å². The van der Waals surface area contributed by atoms with Gasteiger partial charge in [0.05, 0.1) is 5.92 Å². The maximum atomic E-state index is 13.6. The van der Waals surface area contributed by atoms with E-state index in [1.807, 2.05) is 72.8 Å². The van der Waals surface area contributed by atoms with Gasteiger partial charge in [-0.2, -0.15) is 0 Å². The summed E-state index contributed by atoms with van der Waals surface area (Å²) in [5.41, 5.74) is 11.5. The van der Waals surface area contributed by atoms with Crippen LogP contribution < -0.4 is 11.1 Å². The lowest BCUT2D eigenvalue weighted by Crippen LogP contribution is -2.27. The molecular formula is C24H21N5OS. The number of benzene rings is 3. The van der Waals surface area contributed by atoms with Crippen LogP contribution in [0.4, 0.5) is 10.8 Å². The van der Waals surface area contributed by atoms with Gasteiger partial charge in [-0.1, -0.05) is 78.1 Å². The first-order chi connectivity index (χ1) is 15.2. The number of aromatic nitrogens is 2. The van der Waals surface area contributed by atoms with Gasteiger partial charge in [0.1, 0.15) is 5.51 Å². The summed E-state index contributed by atoms with van der Waals surface area (Å²) in [5, 5.41) is 18.9. The second-order valence-corrected chi connectivity index (χ2v) is 7.88. The van der Waals surface area contributed by atoms with Gasteiger partial charge in [0.2, 0.25) is 11.0 Å². The lowest BCUT2D eigenvalue weighted by atomic mass is 9.76. The minimum atomic E-state index is -0.533. The van der Waals surface area contributed by atoms with Gasteiger partial charge in [0, 0.05) is 23.4 Å². The van der Waals surface area contributed by atoms with Gasteiger partial charge in [0.25, 0.3) is 0 Å². The number of nitrogen functional groups attached to an aromatic ring is 1. The van der Waals surface area contributed by atoms with Gasteiger partial charge in [-0.25, -0.2) is 0 Å². The maximum Gasteiger partial charge on any atom is 0.234 e. The molecule has 154 valence electrons. The van der Waals surface area contributed by atoms with Crippen LogP contribution in [0.15, 0.2) is 84.4 Å². The average molecular weight is 428 g/mol. The van der Waals surface area contributed by atoms with E-state index in [0.29, 0.717) is 16.4 Å². The molecule has 0 aliphatic heterocycles. The van der Waals surface area contributed by atoms with Crippen LogP contribution >= 0.6 is 11.3 Å². The van der Waals surface area contributed by atoms with E-state index >= 15 is 0 Å². The number of hydrogen-bond donors (Lipinski definition) is 3. The first-order valence-electron chi connectivity index (χ1n) is 9.74. The predicted molar refractivity (Wildman–Crippen MR) is 125 cm³/mol. The predicted octanol–water partition coefficient (Wildman–Crippen LogP) is 4.67. The van der Waals surface area contributed by atoms with Crippen LogP contribution in [0.25, 0.3) is 0 Å². The summed E-state index contributed by atoms with van der Waals surface area (Å²) in [6.45, 7) is 0. The van der Waals surface area contributed by atoms with E-state index in [9.17, 15) is 4.79 Å². The van der Waals surface area contributed by atoms with E-state index in [0.717, 1.165) is 16.7 Å². The van der Waals surface area contributed by atoms with Gasteiger partial charge in [0.15, 0.2) is 0 Å². The lowest BCUT2D eigenvalue weighted by molar-refractivity contribution is -0.117. The fourth-order valence-corrected chi connectivity index (χ4v) is 4.16. The highest BCUT2D eigenvalue weighted by molar-refractivity contribution is 7.13. The monoisotopic (exact) mass is 427 g/mol. The zero-order valence-corrected chi connectivity index (χ0v) is 17.4. The molecule has 0 radical (unpaired) electrons. The van der Waals surface area contributed by atoms with Crippen LogP contribution in [0, 0.1) is 5.41 Å². The molecule has 4 N–H and O–H groups in total. The molecule has 4 aromatic rings. The molecule has 6 nitrogen and oxygen atoms in total. The third kappa shape index (κ3) is 4.51. The third-order valence-corrected chi connectivity index (χ3v) is 5.76. The molecule has 4 rings (SSSR count). The van der Waals surface area contributed by atoms with Crippen LogP contribution in [0.5, 0.6) is 0 Å². The van der Waals surface area contributed by atoms with Gasteiger partial charge < -0.3 is 11.1 Å². The second kappa shape index (κ2) is 9.32. The van der Waals surface area contributed by atoms with E-state index in [4.69, 9.17) is 11.1 Å². The molecule has 7 heteroatoms. The summed E-state index contributed by atoms with van der Waals surface area (Å²) in [7, 11) is 0. The Morgan fingerprint density at radius 2 is 1.65 bits per heavy atom. The number of rotatable bonds is 7. The summed E-state index contributed by atoms with van der Waals surface area (Å²) in [6.07, 6.45) is 1.24. The Kier molecular flexibility index (Phi) is 6.14. The molecule has 0 saturated carbocycles. The first-order valence-corrected chi connectivity index (χ1v) is 10.6. The number of anilines is 2. The van der Waals surface area contributed by atoms with Crippen molar-refractivity contribution in [3.05, 3.63) is 107 Å². The zero-order chi connectivity index (χ0) is 21.6.